The number of carbonyl (C=O) groups is 1. The zero-order chi connectivity index (χ0) is 22.3. The summed E-state index contributed by atoms with van der Waals surface area (Å²) in [7, 11) is 0. The van der Waals surface area contributed by atoms with Crippen molar-refractivity contribution in [1.82, 2.24) is 9.80 Å². The van der Waals surface area contributed by atoms with Gasteiger partial charge in [-0.05, 0) is 55.2 Å². The molecule has 2 heterocycles. The van der Waals surface area contributed by atoms with Crippen molar-refractivity contribution >= 4 is 17.3 Å². The van der Waals surface area contributed by atoms with Gasteiger partial charge >= 0.3 is 6.61 Å². The van der Waals surface area contributed by atoms with Crippen LogP contribution in [0.3, 0.4) is 0 Å². The van der Waals surface area contributed by atoms with E-state index in [1.165, 1.54) is 12.1 Å². The highest BCUT2D eigenvalue weighted by molar-refractivity contribution is 6.00. The number of halogens is 2. The van der Waals surface area contributed by atoms with Crippen molar-refractivity contribution in [1.29, 1.82) is 0 Å². The van der Waals surface area contributed by atoms with E-state index < -0.39 is 6.61 Å². The lowest BCUT2D eigenvalue weighted by molar-refractivity contribution is -0.0498. The monoisotopic (exact) mass is 445 g/mol. The van der Waals surface area contributed by atoms with Crippen molar-refractivity contribution < 1.29 is 23.0 Å². The average molecular weight is 446 g/mol. The van der Waals surface area contributed by atoms with Crippen molar-refractivity contribution in [2.45, 2.75) is 19.5 Å². The molecule has 2 aliphatic rings. The van der Waals surface area contributed by atoms with E-state index in [-0.39, 0.29) is 11.7 Å². The second-order valence-electron chi connectivity index (χ2n) is 8.22. The van der Waals surface area contributed by atoms with Gasteiger partial charge in [0.2, 0.25) is 0 Å². The van der Waals surface area contributed by atoms with E-state index in [4.69, 9.17) is 4.74 Å². The minimum atomic E-state index is -2.86. The molecule has 32 heavy (non-hydrogen) atoms. The summed E-state index contributed by atoms with van der Waals surface area (Å²) in [5.74, 6) is 0.713. The maximum atomic E-state index is 13.2. The lowest BCUT2D eigenvalue weighted by Gasteiger charge is -2.36. The van der Waals surface area contributed by atoms with Crippen LogP contribution in [0.5, 0.6) is 5.75 Å². The second-order valence-corrected chi connectivity index (χ2v) is 8.22. The van der Waals surface area contributed by atoms with Crippen LogP contribution in [0.1, 0.15) is 23.2 Å². The van der Waals surface area contributed by atoms with Gasteiger partial charge in [-0.3, -0.25) is 9.69 Å². The molecule has 0 unspecified atom stereocenters. The Morgan fingerprint density at radius 1 is 1.03 bits per heavy atom. The van der Waals surface area contributed by atoms with Gasteiger partial charge in [0.25, 0.3) is 5.91 Å². The number of alkyl halides is 2. The van der Waals surface area contributed by atoms with E-state index in [9.17, 15) is 13.6 Å². The van der Waals surface area contributed by atoms with Gasteiger partial charge in [0.05, 0.1) is 24.5 Å². The summed E-state index contributed by atoms with van der Waals surface area (Å²) in [4.78, 5) is 17.6. The normalized spacial score (nSPS) is 18.0. The molecule has 1 N–H and O–H groups in total. The summed E-state index contributed by atoms with van der Waals surface area (Å²) >= 11 is 0. The fourth-order valence-electron chi connectivity index (χ4n) is 4.29. The summed E-state index contributed by atoms with van der Waals surface area (Å²) in [6.07, 6.45) is 2.01. The SMILES string of the molecule is O=C(c1ccccc1Nc1ccc(OC(F)F)cc1)N1CCC(CN2CCOCC2)CC1. The number of piperidine rings is 1. The first kappa shape index (κ1) is 22.5. The van der Waals surface area contributed by atoms with E-state index in [1.807, 2.05) is 29.2 Å². The molecule has 0 saturated carbocycles. The number of hydrogen-bond donors (Lipinski definition) is 1. The number of para-hydroxylation sites is 1. The summed E-state index contributed by atoms with van der Waals surface area (Å²) in [6.45, 7) is 3.33. The number of carbonyl (C=O) groups excluding carboxylic acids is 1. The Morgan fingerprint density at radius 2 is 1.72 bits per heavy atom. The van der Waals surface area contributed by atoms with Crippen molar-refractivity contribution in [3.05, 3.63) is 54.1 Å². The Morgan fingerprint density at radius 3 is 2.41 bits per heavy atom. The number of rotatable bonds is 7. The summed E-state index contributed by atoms with van der Waals surface area (Å²) in [6, 6.07) is 13.6. The van der Waals surface area contributed by atoms with E-state index in [0.717, 1.165) is 58.8 Å². The van der Waals surface area contributed by atoms with Crippen LogP contribution in [0, 0.1) is 5.92 Å². The molecule has 4 rings (SSSR count). The van der Waals surface area contributed by atoms with Crippen LogP contribution < -0.4 is 10.1 Å². The van der Waals surface area contributed by atoms with Gasteiger partial charge in [-0.1, -0.05) is 12.1 Å². The number of likely N-dealkylation sites (tertiary alicyclic amines) is 1. The minimum Gasteiger partial charge on any atom is -0.435 e. The molecular formula is C24H29F2N3O3. The molecule has 2 saturated heterocycles. The quantitative estimate of drug-likeness (QED) is 0.692. The van der Waals surface area contributed by atoms with Crippen molar-refractivity contribution in [2.24, 2.45) is 5.92 Å². The number of anilines is 2. The van der Waals surface area contributed by atoms with Crippen molar-refractivity contribution in [3.63, 3.8) is 0 Å². The Labute approximate surface area is 187 Å². The zero-order valence-electron chi connectivity index (χ0n) is 18.0. The van der Waals surface area contributed by atoms with Crippen molar-refractivity contribution in [3.8, 4) is 5.75 Å². The molecule has 1 amide bonds. The molecule has 0 spiro atoms. The first-order valence-electron chi connectivity index (χ1n) is 11.1. The number of hydrogen-bond acceptors (Lipinski definition) is 5. The van der Waals surface area contributed by atoms with Crippen LogP contribution >= 0.6 is 0 Å². The van der Waals surface area contributed by atoms with Crippen LogP contribution in [-0.4, -0.2) is 68.3 Å². The Bertz CT molecular complexity index is 880. The molecule has 0 atom stereocenters. The predicted octanol–water partition coefficient (Wildman–Crippen LogP) is 4.22. The highest BCUT2D eigenvalue weighted by atomic mass is 19.3. The molecule has 2 aromatic rings. The molecule has 2 aliphatic heterocycles. The maximum absolute atomic E-state index is 13.2. The number of benzene rings is 2. The van der Waals surface area contributed by atoms with E-state index in [0.29, 0.717) is 22.9 Å². The molecule has 172 valence electrons. The van der Waals surface area contributed by atoms with Gasteiger partial charge < -0.3 is 19.7 Å². The largest absolute Gasteiger partial charge is 0.435 e. The maximum Gasteiger partial charge on any atom is 0.387 e. The lowest BCUT2D eigenvalue weighted by atomic mass is 9.95. The minimum absolute atomic E-state index is 0.00979. The van der Waals surface area contributed by atoms with Gasteiger partial charge in [0.1, 0.15) is 5.75 Å². The molecule has 0 bridgehead atoms. The average Bonchev–Trinajstić information content (AvgIpc) is 2.81. The fourth-order valence-corrected chi connectivity index (χ4v) is 4.29. The van der Waals surface area contributed by atoms with Gasteiger partial charge in [-0.25, -0.2) is 0 Å². The molecule has 0 radical (unpaired) electrons. The van der Waals surface area contributed by atoms with Crippen LogP contribution in [-0.2, 0) is 4.74 Å². The smallest absolute Gasteiger partial charge is 0.387 e. The van der Waals surface area contributed by atoms with Gasteiger partial charge in [-0.2, -0.15) is 8.78 Å². The summed E-state index contributed by atoms with van der Waals surface area (Å²) < 4.78 is 34.5. The van der Waals surface area contributed by atoms with Gasteiger partial charge in [0, 0.05) is 38.4 Å². The second kappa shape index (κ2) is 10.7. The van der Waals surface area contributed by atoms with Gasteiger partial charge in [-0.15, -0.1) is 0 Å². The summed E-state index contributed by atoms with van der Waals surface area (Å²) in [5, 5.41) is 3.23. The summed E-state index contributed by atoms with van der Waals surface area (Å²) in [5.41, 5.74) is 1.98. The van der Waals surface area contributed by atoms with E-state index in [1.54, 1.807) is 12.1 Å². The predicted molar refractivity (Wildman–Crippen MR) is 119 cm³/mol. The molecule has 0 aliphatic carbocycles. The Hall–Kier alpha value is -2.71. The first-order chi connectivity index (χ1) is 15.6. The van der Waals surface area contributed by atoms with Gasteiger partial charge in [0.15, 0.2) is 0 Å². The molecule has 2 aromatic carbocycles. The molecule has 6 nitrogen and oxygen atoms in total. The Kier molecular flexibility index (Phi) is 7.55. The first-order valence-corrected chi connectivity index (χ1v) is 11.1. The molecule has 0 aromatic heterocycles. The third-order valence-electron chi connectivity index (χ3n) is 6.04. The van der Waals surface area contributed by atoms with Crippen LogP contribution in [0.2, 0.25) is 0 Å². The Balaban J connectivity index is 1.35. The highest BCUT2D eigenvalue weighted by Crippen LogP contribution is 2.26. The van der Waals surface area contributed by atoms with Crippen LogP contribution in [0.15, 0.2) is 48.5 Å². The number of morpholine rings is 1. The fraction of sp³-hybridized carbons (Fsp3) is 0.458. The van der Waals surface area contributed by atoms with E-state index >= 15 is 0 Å². The molecule has 8 heteroatoms. The number of ether oxygens (including phenoxy) is 2. The standard InChI is InChI=1S/C24H29F2N3O3/c25-24(26)32-20-7-5-19(6-8-20)27-22-4-2-1-3-21(22)23(30)29-11-9-18(10-12-29)17-28-13-15-31-16-14-28/h1-8,18,24,27H,9-17H2. The molecular weight excluding hydrogens is 416 g/mol. The zero-order valence-corrected chi connectivity index (χ0v) is 18.0. The van der Waals surface area contributed by atoms with Crippen LogP contribution in [0.25, 0.3) is 0 Å². The molecule has 2 fully saturated rings. The lowest BCUT2D eigenvalue weighted by Crippen LogP contribution is -2.44. The highest BCUT2D eigenvalue weighted by Gasteiger charge is 2.26. The third-order valence-corrected chi connectivity index (χ3v) is 6.04. The number of amides is 1. The van der Waals surface area contributed by atoms with E-state index in [2.05, 4.69) is 15.0 Å². The topological polar surface area (TPSA) is 54.0 Å². The number of nitrogens with one attached hydrogen (secondary N) is 1. The number of nitrogens with zero attached hydrogens (tertiary/aromatic N) is 2. The van der Waals surface area contributed by atoms with Crippen LogP contribution in [0.4, 0.5) is 20.2 Å². The third kappa shape index (κ3) is 5.95. The van der Waals surface area contributed by atoms with Crippen molar-refractivity contribution in [2.75, 3.05) is 51.3 Å².